The fourth-order valence-corrected chi connectivity index (χ4v) is 5.97. The fourth-order valence-electron chi connectivity index (χ4n) is 4.69. The van der Waals surface area contributed by atoms with Crippen LogP contribution in [0.3, 0.4) is 0 Å². The quantitative estimate of drug-likeness (QED) is 0.298. The van der Waals surface area contributed by atoms with Crippen LogP contribution in [0.1, 0.15) is 38.2 Å². The summed E-state index contributed by atoms with van der Waals surface area (Å²) >= 11 is 0. The Morgan fingerprint density at radius 3 is 2.50 bits per heavy atom. The molecule has 0 saturated carbocycles. The first-order chi connectivity index (χ1) is 17.5. The number of nitrogens with zero attached hydrogens (tertiary/aromatic N) is 2. The molecule has 36 heavy (non-hydrogen) atoms. The van der Waals surface area contributed by atoms with E-state index >= 15 is 0 Å². The van der Waals surface area contributed by atoms with Crippen molar-refractivity contribution in [3.8, 4) is 11.5 Å². The zero-order chi connectivity index (χ0) is 25.5. The Bertz CT molecular complexity index is 1320. The lowest BCUT2D eigenvalue weighted by atomic mass is 9.84. The molecule has 0 fully saturated rings. The summed E-state index contributed by atoms with van der Waals surface area (Å²) in [5.74, 6) is 1.46. The molecule has 0 aliphatic carbocycles. The van der Waals surface area contributed by atoms with Crippen LogP contribution in [0.2, 0.25) is 0 Å². The number of ether oxygens (including phenoxy) is 2. The van der Waals surface area contributed by atoms with Gasteiger partial charge in [-0.05, 0) is 72.9 Å². The lowest BCUT2D eigenvalue weighted by Crippen LogP contribution is -2.32. The van der Waals surface area contributed by atoms with Gasteiger partial charge in [0.15, 0.2) is 11.5 Å². The number of hydrogen-bond donors (Lipinski definition) is 0. The van der Waals surface area contributed by atoms with E-state index in [0.717, 1.165) is 31.6 Å². The van der Waals surface area contributed by atoms with Gasteiger partial charge in [-0.2, -0.15) is 0 Å². The van der Waals surface area contributed by atoms with Gasteiger partial charge in [0.2, 0.25) is 16.6 Å². The smallest absolute Gasteiger partial charge is 0.231 e. The second kappa shape index (κ2) is 11.5. The number of aromatic nitrogens is 1. The van der Waals surface area contributed by atoms with Crippen LogP contribution in [0.15, 0.2) is 95.2 Å². The maximum absolute atomic E-state index is 13.3. The molecule has 2 atom stereocenters. The van der Waals surface area contributed by atoms with Crippen molar-refractivity contribution in [3.05, 3.63) is 90.9 Å². The molecule has 7 heteroatoms. The summed E-state index contributed by atoms with van der Waals surface area (Å²) in [6.45, 7) is 9.86. The molecule has 1 aliphatic rings. The standard InChI is InChI=1S/C29H32N2O4S/c1-4-8-23(27(6-3)22-9-7-16-30-19-22)20-31(17-5-2)24-10-12-25(13-11-24)36(32,33)26-14-15-28-29(18-26)35-21-34-28/h7-16,18-19,23,27H,1,5-6,17,20-21H2,2-3H3. The second-order valence-corrected chi connectivity index (χ2v) is 10.7. The number of fused-ring (bicyclic) bond motifs is 1. The molecule has 188 valence electrons. The SMILES string of the molecule is C=C=CC(CN(CCC)c1ccc(S(=O)(=O)c2ccc3c(c2)OCO3)cc1)C(CC)c1cccnc1. The molecule has 0 amide bonds. The molecule has 2 aromatic carbocycles. The van der Waals surface area contributed by atoms with E-state index in [2.05, 4.69) is 42.1 Å². The van der Waals surface area contributed by atoms with Crippen molar-refractivity contribution >= 4 is 15.5 Å². The van der Waals surface area contributed by atoms with Gasteiger partial charge in [-0.15, -0.1) is 5.73 Å². The maximum atomic E-state index is 13.3. The number of pyridine rings is 1. The molecular formula is C29H32N2O4S. The zero-order valence-corrected chi connectivity index (χ0v) is 21.6. The van der Waals surface area contributed by atoms with E-state index in [-0.39, 0.29) is 28.4 Å². The van der Waals surface area contributed by atoms with E-state index < -0.39 is 9.84 Å². The number of sulfone groups is 1. The van der Waals surface area contributed by atoms with Crippen LogP contribution in [-0.4, -0.2) is 33.3 Å². The Labute approximate surface area is 213 Å². The first-order valence-electron chi connectivity index (χ1n) is 12.2. The first kappa shape index (κ1) is 25.5. The van der Waals surface area contributed by atoms with Gasteiger partial charge >= 0.3 is 0 Å². The Kier molecular flexibility index (Phi) is 8.14. The topological polar surface area (TPSA) is 68.7 Å². The van der Waals surface area contributed by atoms with Gasteiger partial charge in [-0.3, -0.25) is 4.98 Å². The Morgan fingerprint density at radius 2 is 1.83 bits per heavy atom. The van der Waals surface area contributed by atoms with Gasteiger partial charge in [0.05, 0.1) is 9.79 Å². The van der Waals surface area contributed by atoms with Gasteiger partial charge in [-0.1, -0.05) is 26.5 Å². The lowest BCUT2D eigenvalue weighted by Gasteiger charge is -2.32. The number of rotatable bonds is 11. The highest BCUT2D eigenvalue weighted by molar-refractivity contribution is 7.91. The zero-order valence-electron chi connectivity index (χ0n) is 20.8. The Hall–Kier alpha value is -3.54. The van der Waals surface area contributed by atoms with Crippen LogP contribution < -0.4 is 14.4 Å². The van der Waals surface area contributed by atoms with Crippen molar-refractivity contribution in [2.75, 3.05) is 24.8 Å². The summed E-state index contributed by atoms with van der Waals surface area (Å²) in [5, 5.41) is 0. The van der Waals surface area contributed by atoms with Gasteiger partial charge in [0.25, 0.3) is 0 Å². The monoisotopic (exact) mass is 504 g/mol. The summed E-state index contributed by atoms with van der Waals surface area (Å²) in [7, 11) is -3.69. The molecule has 1 aliphatic heterocycles. The third-order valence-electron chi connectivity index (χ3n) is 6.49. The van der Waals surface area contributed by atoms with Crippen LogP contribution in [0.5, 0.6) is 11.5 Å². The van der Waals surface area contributed by atoms with Gasteiger partial charge in [0.1, 0.15) is 0 Å². The lowest BCUT2D eigenvalue weighted by molar-refractivity contribution is 0.174. The van der Waals surface area contributed by atoms with E-state index in [1.807, 2.05) is 30.5 Å². The minimum absolute atomic E-state index is 0.0997. The van der Waals surface area contributed by atoms with Crippen molar-refractivity contribution in [2.45, 2.75) is 42.4 Å². The molecule has 4 rings (SSSR count). The molecule has 0 spiro atoms. The van der Waals surface area contributed by atoms with Crippen molar-refractivity contribution in [1.29, 1.82) is 0 Å². The summed E-state index contributed by atoms with van der Waals surface area (Å²) < 4.78 is 37.2. The Balaban J connectivity index is 1.58. The first-order valence-corrected chi connectivity index (χ1v) is 13.7. The average Bonchev–Trinajstić information content (AvgIpc) is 3.38. The largest absolute Gasteiger partial charge is 0.454 e. The number of anilines is 1. The fraction of sp³-hybridized carbons (Fsp3) is 0.310. The van der Waals surface area contributed by atoms with Gasteiger partial charge in [0, 0.05) is 43.2 Å². The number of benzene rings is 2. The molecule has 3 aromatic rings. The van der Waals surface area contributed by atoms with Crippen molar-refractivity contribution in [1.82, 2.24) is 4.98 Å². The van der Waals surface area contributed by atoms with Crippen molar-refractivity contribution in [3.63, 3.8) is 0 Å². The van der Waals surface area contributed by atoms with E-state index in [9.17, 15) is 8.42 Å². The molecule has 1 aromatic heterocycles. The van der Waals surface area contributed by atoms with Gasteiger partial charge in [-0.25, -0.2) is 8.42 Å². The highest BCUT2D eigenvalue weighted by Gasteiger charge is 2.25. The third-order valence-corrected chi connectivity index (χ3v) is 8.26. The van der Waals surface area contributed by atoms with E-state index in [1.165, 1.54) is 11.6 Å². The average molecular weight is 505 g/mol. The molecule has 0 bridgehead atoms. The van der Waals surface area contributed by atoms with Crippen LogP contribution in [0, 0.1) is 5.92 Å². The summed E-state index contributed by atoms with van der Waals surface area (Å²) in [4.78, 5) is 7.04. The van der Waals surface area contributed by atoms with E-state index in [4.69, 9.17) is 9.47 Å². The van der Waals surface area contributed by atoms with E-state index in [1.54, 1.807) is 30.5 Å². The maximum Gasteiger partial charge on any atom is 0.231 e. The molecule has 0 radical (unpaired) electrons. The molecule has 2 heterocycles. The number of hydrogen-bond acceptors (Lipinski definition) is 6. The molecule has 0 N–H and O–H groups in total. The highest BCUT2D eigenvalue weighted by atomic mass is 32.2. The molecule has 6 nitrogen and oxygen atoms in total. The second-order valence-electron chi connectivity index (χ2n) is 8.79. The summed E-state index contributed by atoms with van der Waals surface area (Å²) in [5.41, 5.74) is 5.17. The van der Waals surface area contributed by atoms with Crippen LogP contribution in [0.25, 0.3) is 0 Å². The summed E-state index contributed by atoms with van der Waals surface area (Å²) in [6.07, 6.45) is 7.68. The minimum Gasteiger partial charge on any atom is -0.454 e. The molecule has 0 saturated heterocycles. The van der Waals surface area contributed by atoms with Crippen molar-refractivity contribution < 1.29 is 17.9 Å². The predicted molar refractivity (Wildman–Crippen MR) is 141 cm³/mol. The highest BCUT2D eigenvalue weighted by Crippen LogP contribution is 2.36. The van der Waals surface area contributed by atoms with Crippen LogP contribution in [-0.2, 0) is 9.84 Å². The van der Waals surface area contributed by atoms with Crippen molar-refractivity contribution in [2.24, 2.45) is 5.92 Å². The van der Waals surface area contributed by atoms with Gasteiger partial charge < -0.3 is 14.4 Å². The van der Waals surface area contributed by atoms with Crippen LogP contribution in [0.4, 0.5) is 5.69 Å². The predicted octanol–water partition coefficient (Wildman–Crippen LogP) is 6.01. The normalized spacial score (nSPS) is 14.1. The third kappa shape index (κ3) is 5.48. The minimum atomic E-state index is -3.69. The summed E-state index contributed by atoms with van der Waals surface area (Å²) in [6, 6.07) is 15.9. The van der Waals surface area contributed by atoms with Crippen LogP contribution >= 0.6 is 0 Å². The molecule has 2 unspecified atom stereocenters. The Morgan fingerprint density at radius 1 is 1.08 bits per heavy atom. The van der Waals surface area contributed by atoms with E-state index in [0.29, 0.717) is 11.5 Å². The molecular weight excluding hydrogens is 472 g/mol.